The van der Waals surface area contributed by atoms with Gasteiger partial charge < -0.3 is 34.6 Å². The molecule has 35 heavy (non-hydrogen) atoms. The normalized spacial score (nSPS) is 14.1. The first kappa shape index (κ1) is 34.2. The quantitative estimate of drug-likeness (QED) is 0.0976. The minimum Gasteiger partial charge on any atom is -0.457 e. The number of hydrogen-bond donors (Lipinski definition) is 4. The van der Waals surface area contributed by atoms with Gasteiger partial charge in [0, 0.05) is 6.42 Å². The minimum atomic E-state index is -0.996. The van der Waals surface area contributed by atoms with Gasteiger partial charge in [-0.3, -0.25) is 4.79 Å². The van der Waals surface area contributed by atoms with E-state index in [9.17, 15) is 15.0 Å². The number of hydrogen-bond acceptors (Lipinski definition) is 8. The average molecular weight is 507 g/mol. The number of ether oxygens (including phenoxy) is 3. The zero-order valence-corrected chi connectivity index (χ0v) is 22.2. The summed E-state index contributed by atoms with van der Waals surface area (Å²) in [5.74, 6) is -0.331. The van der Waals surface area contributed by atoms with Crippen LogP contribution in [-0.4, -0.2) is 84.3 Å². The van der Waals surface area contributed by atoms with Crippen LogP contribution in [0.5, 0.6) is 0 Å². The van der Waals surface area contributed by atoms with Crippen molar-refractivity contribution in [3.8, 4) is 0 Å². The summed E-state index contributed by atoms with van der Waals surface area (Å²) in [5.41, 5.74) is 0. The van der Waals surface area contributed by atoms with E-state index in [0.717, 1.165) is 19.3 Å². The van der Waals surface area contributed by atoms with Crippen molar-refractivity contribution in [3.05, 3.63) is 0 Å². The van der Waals surface area contributed by atoms with Crippen LogP contribution in [-0.2, 0) is 19.0 Å². The fourth-order valence-corrected chi connectivity index (χ4v) is 3.78. The van der Waals surface area contributed by atoms with E-state index in [2.05, 4.69) is 6.92 Å². The van der Waals surface area contributed by atoms with Gasteiger partial charge in [0.05, 0.1) is 39.6 Å². The molecule has 0 saturated heterocycles. The van der Waals surface area contributed by atoms with Crippen molar-refractivity contribution in [2.75, 3.05) is 39.6 Å². The molecule has 210 valence electrons. The van der Waals surface area contributed by atoms with Crippen molar-refractivity contribution in [2.45, 2.75) is 128 Å². The molecule has 0 aromatic heterocycles. The van der Waals surface area contributed by atoms with Crippen LogP contribution in [0.25, 0.3) is 0 Å². The Morgan fingerprint density at radius 3 is 1.34 bits per heavy atom. The molecule has 2 unspecified atom stereocenters. The van der Waals surface area contributed by atoms with Crippen molar-refractivity contribution < 1.29 is 39.4 Å². The summed E-state index contributed by atoms with van der Waals surface area (Å²) in [6.07, 6.45) is 16.6. The number of aliphatic hydroxyl groups excluding tert-OH is 4. The molecule has 0 aliphatic carbocycles. The van der Waals surface area contributed by atoms with Gasteiger partial charge in [0.1, 0.15) is 18.3 Å². The Balaban J connectivity index is 3.77. The highest BCUT2D eigenvalue weighted by molar-refractivity contribution is 5.69. The van der Waals surface area contributed by atoms with Crippen LogP contribution < -0.4 is 0 Å². The molecule has 0 aromatic rings. The van der Waals surface area contributed by atoms with E-state index in [-0.39, 0.29) is 32.4 Å². The van der Waals surface area contributed by atoms with Crippen molar-refractivity contribution in [3.63, 3.8) is 0 Å². The number of unbranched alkanes of at least 4 members (excludes halogenated alkanes) is 14. The molecule has 8 heteroatoms. The largest absolute Gasteiger partial charge is 0.457 e. The van der Waals surface area contributed by atoms with Gasteiger partial charge in [-0.15, -0.1) is 0 Å². The molecule has 0 rings (SSSR count). The Kier molecular flexibility index (Phi) is 25.7. The van der Waals surface area contributed by atoms with Gasteiger partial charge in [0.15, 0.2) is 0 Å². The van der Waals surface area contributed by atoms with E-state index >= 15 is 0 Å². The fourth-order valence-electron chi connectivity index (χ4n) is 3.78. The third kappa shape index (κ3) is 24.7. The van der Waals surface area contributed by atoms with E-state index < -0.39 is 31.5 Å². The van der Waals surface area contributed by atoms with E-state index in [0.29, 0.717) is 6.42 Å². The van der Waals surface area contributed by atoms with Crippen LogP contribution in [0, 0.1) is 0 Å². The van der Waals surface area contributed by atoms with Crippen LogP contribution in [0.3, 0.4) is 0 Å². The number of carbonyl (C=O) groups excluding carboxylic acids is 1. The smallest absolute Gasteiger partial charge is 0.306 e. The minimum absolute atomic E-state index is 0.0108. The Morgan fingerprint density at radius 1 is 0.600 bits per heavy atom. The summed E-state index contributed by atoms with van der Waals surface area (Å²) in [5, 5.41) is 36.4. The lowest BCUT2D eigenvalue weighted by molar-refractivity contribution is -0.158. The first-order chi connectivity index (χ1) is 17.0. The van der Waals surface area contributed by atoms with E-state index in [1.54, 1.807) is 0 Å². The van der Waals surface area contributed by atoms with E-state index in [4.69, 9.17) is 24.4 Å². The second-order valence-corrected chi connectivity index (χ2v) is 9.56. The van der Waals surface area contributed by atoms with Crippen LogP contribution in [0.2, 0.25) is 0 Å². The molecule has 4 N–H and O–H groups in total. The molecule has 0 aliphatic rings. The van der Waals surface area contributed by atoms with E-state index in [1.165, 1.54) is 77.0 Å². The summed E-state index contributed by atoms with van der Waals surface area (Å²) >= 11 is 0. The molecular formula is C27H54O8. The third-order valence-electron chi connectivity index (χ3n) is 5.93. The van der Waals surface area contributed by atoms with Gasteiger partial charge in [-0.25, -0.2) is 0 Å². The van der Waals surface area contributed by atoms with Gasteiger partial charge in [0.25, 0.3) is 0 Å². The Hall–Kier alpha value is -0.770. The lowest BCUT2D eigenvalue weighted by Gasteiger charge is -2.19. The standard InChI is InChI=1S/C27H54O8/c1-2-3-4-5-6-7-8-9-10-11-12-13-14-15-16-17-27(32)35-26(22-33-20-24(30)18-28)23-34-21-25(31)19-29/h24-26,28-31H,2-23H2,1H3. The number of rotatable bonds is 27. The van der Waals surface area contributed by atoms with Gasteiger partial charge >= 0.3 is 5.97 Å². The van der Waals surface area contributed by atoms with Crippen LogP contribution >= 0.6 is 0 Å². The molecule has 0 fully saturated rings. The molecule has 2 atom stereocenters. The predicted molar refractivity (Wildman–Crippen MR) is 137 cm³/mol. The summed E-state index contributed by atoms with van der Waals surface area (Å²) in [6, 6.07) is 0. The van der Waals surface area contributed by atoms with E-state index in [1.807, 2.05) is 0 Å². The molecular weight excluding hydrogens is 452 g/mol. The number of aliphatic hydroxyl groups is 4. The third-order valence-corrected chi connectivity index (χ3v) is 5.93. The Morgan fingerprint density at radius 2 is 0.971 bits per heavy atom. The van der Waals surface area contributed by atoms with Gasteiger partial charge in [-0.1, -0.05) is 96.8 Å². The summed E-state index contributed by atoms with van der Waals surface area (Å²) in [7, 11) is 0. The highest BCUT2D eigenvalue weighted by Crippen LogP contribution is 2.14. The second-order valence-electron chi connectivity index (χ2n) is 9.56. The summed E-state index contributed by atoms with van der Waals surface area (Å²) < 4.78 is 16.0. The van der Waals surface area contributed by atoms with Gasteiger partial charge in [0.2, 0.25) is 0 Å². The monoisotopic (exact) mass is 506 g/mol. The highest BCUT2D eigenvalue weighted by atomic mass is 16.6. The van der Waals surface area contributed by atoms with Crippen molar-refractivity contribution in [1.29, 1.82) is 0 Å². The van der Waals surface area contributed by atoms with Gasteiger partial charge in [-0.2, -0.15) is 0 Å². The molecule has 0 aromatic carbocycles. The fraction of sp³-hybridized carbons (Fsp3) is 0.963. The van der Waals surface area contributed by atoms with Crippen molar-refractivity contribution in [2.24, 2.45) is 0 Å². The van der Waals surface area contributed by atoms with Gasteiger partial charge in [-0.05, 0) is 6.42 Å². The SMILES string of the molecule is CCCCCCCCCCCCCCCCCC(=O)OC(COCC(O)CO)COCC(O)CO. The maximum absolute atomic E-state index is 12.2. The molecule has 8 nitrogen and oxygen atoms in total. The predicted octanol–water partition coefficient (Wildman–Crippen LogP) is 3.90. The molecule has 0 spiro atoms. The number of carbonyl (C=O) groups is 1. The lowest BCUT2D eigenvalue weighted by Crippen LogP contribution is -2.32. The topological polar surface area (TPSA) is 126 Å². The molecule has 0 saturated carbocycles. The van der Waals surface area contributed by atoms with Crippen LogP contribution in [0.15, 0.2) is 0 Å². The van der Waals surface area contributed by atoms with Crippen LogP contribution in [0.1, 0.15) is 110 Å². The summed E-state index contributed by atoms with van der Waals surface area (Å²) in [4.78, 5) is 12.2. The van der Waals surface area contributed by atoms with Crippen LogP contribution in [0.4, 0.5) is 0 Å². The molecule has 0 aliphatic heterocycles. The average Bonchev–Trinajstić information content (AvgIpc) is 2.85. The molecule has 0 radical (unpaired) electrons. The first-order valence-electron chi connectivity index (χ1n) is 14.0. The lowest BCUT2D eigenvalue weighted by atomic mass is 10.0. The zero-order chi connectivity index (χ0) is 26.0. The molecule has 0 heterocycles. The maximum Gasteiger partial charge on any atom is 0.306 e. The molecule has 0 bridgehead atoms. The Labute approximate surface area is 213 Å². The first-order valence-corrected chi connectivity index (χ1v) is 14.0. The molecule has 0 amide bonds. The Bertz CT molecular complexity index is 433. The number of esters is 1. The van der Waals surface area contributed by atoms with Crippen molar-refractivity contribution >= 4 is 5.97 Å². The van der Waals surface area contributed by atoms with Crippen molar-refractivity contribution in [1.82, 2.24) is 0 Å². The summed E-state index contributed by atoms with van der Waals surface area (Å²) in [6.45, 7) is 1.29. The maximum atomic E-state index is 12.2. The second kappa shape index (κ2) is 26.3. The zero-order valence-electron chi connectivity index (χ0n) is 22.2. The highest BCUT2D eigenvalue weighted by Gasteiger charge is 2.17.